The zero-order valence-corrected chi connectivity index (χ0v) is 8.80. The van der Waals surface area contributed by atoms with Crippen molar-refractivity contribution in [2.45, 2.75) is 13.3 Å². The van der Waals surface area contributed by atoms with Crippen LogP contribution in [-0.4, -0.2) is 35.5 Å². The van der Waals surface area contributed by atoms with Gasteiger partial charge in [-0.15, -0.1) is 0 Å². The second-order valence-electron chi connectivity index (χ2n) is 4.04. The van der Waals surface area contributed by atoms with Crippen LogP contribution in [0.15, 0.2) is 0 Å². The number of hydrogen-bond acceptors (Lipinski definition) is 3. The number of carbonyl (C=O) groups excluding carboxylic acids is 1. The van der Waals surface area contributed by atoms with Crippen LogP contribution in [0, 0.1) is 29.1 Å². The summed E-state index contributed by atoms with van der Waals surface area (Å²) in [6, 6.07) is 2.03. The quantitative estimate of drug-likeness (QED) is 0.724. The number of nitriles is 1. The van der Waals surface area contributed by atoms with E-state index in [1.165, 1.54) is 4.90 Å². The Bertz CT molecular complexity index is 321. The summed E-state index contributed by atoms with van der Waals surface area (Å²) in [7, 11) is 1.60. The lowest BCUT2D eigenvalue weighted by molar-refractivity contribution is -0.141. The first-order valence-electron chi connectivity index (χ1n) is 4.84. The van der Waals surface area contributed by atoms with Crippen LogP contribution in [0.25, 0.3) is 0 Å². The molecule has 0 radical (unpaired) electrons. The van der Waals surface area contributed by atoms with E-state index in [1.54, 1.807) is 14.0 Å². The highest BCUT2D eigenvalue weighted by Gasteiger charge is 2.49. The van der Waals surface area contributed by atoms with Gasteiger partial charge in [0.2, 0.25) is 5.91 Å². The number of carboxylic acid groups (broad SMARTS) is 1. The van der Waals surface area contributed by atoms with E-state index in [1.807, 2.05) is 6.07 Å². The van der Waals surface area contributed by atoms with Gasteiger partial charge < -0.3 is 10.0 Å². The Balaban J connectivity index is 2.43. The van der Waals surface area contributed by atoms with E-state index in [0.717, 1.165) is 0 Å². The molecule has 1 aliphatic rings. The summed E-state index contributed by atoms with van der Waals surface area (Å²) in [5, 5.41) is 17.2. The minimum absolute atomic E-state index is 0.162. The summed E-state index contributed by atoms with van der Waals surface area (Å²) in [6.45, 7) is 2.09. The number of amides is 1. The summed E-state index contributed by atoms with van der Waals surface area (Å²) >= 11 is 0. The lowest BCUT2D eigenvalue weighted by Gasteiger charge is -2.17. The van der Waals surface area contributed by atoms with E-state index in [4.69, 9.17) is 10.4 Å². The van der Waals surface area contributed by atoms with Crippen molar-refractivity contribution in [3.8, 4) is 6.07 Å². The summed E-state index contributed by atoms with van der Waals surface area (Å²) < 4.78 is 0. The molecule has 1 aliphatic carbocycles. The van der Waals surface area contributed by atoms with E-state index >= 15 is 0 Å². The van der Waals surface area contributed by atoms with Crippen molar-refractivity contribution in [1.82, 2.24) is 4.90 Å². The third-order valence-electron chi connectivity index (χ3n) is 2.57. The topological polar surface area (TPSA) is 81.4 Å². The number of hydrogen-bond donors (Lipinski definition) is 1. The van der Waals surface area contributed by atoms with Crippen molar-refractivity contribution < 1.29 is 14.7 Å². The van der Waals surface area contributed by atoms with Crippen molar-refractivity contribution >= 4 is 11.9 Å². The maximum Gasteiger partial charge on any atom is 0.307 e. The number of carbonyl (C=O) groups is 2. The minimum Gasteiger partial charge on any atom is -0.481 e. The largest absolute Gasteiger partial charge is 0.481 e. The van der Waals surface area contributed by atoms with E-state index in [-0.39, 0.29) is 17.7 Å². The summed E-state index contributed by atoms with van der Waals surface area (Å²) in [6.07, 6.45) is 0.430. The first-order chi connectivity index (χ1) is 6.97. The molecule has 82 valence electrons. The van der Waals surface area contributed by atoms with Gasteiger partial charge in [-0.1, -0.05) is 0 Å². The van der Waals surface area contributed by atoms with Crippen LogP contribution in [0.1, 0.15) is 13.3 Å². The first kappa shape index (κ1) is 11.5. The Morgan fingerprint density at radius 3 is 2.60 bits per heavy atom. The van der Waals surface area contributed by atoms with E-state index in [9.17, 15) is 9.59 Å². The van der Waals surface area contributed by atoms with Crippen molar-refractivity contribution in [3.63, 3.8) is 0 Å². The van der Waals surface area contributed by atoms with Gasteiger partial charge in [0, 0.05) is 13.6 Å². The van der Waals surface area contributed by atoms with Gasteiger partial charge >= 0.3 is 5.97 Å². The Morgan fingerprint density at radius 2 is 2.20 bits per heavy atom. The fraction of sp³-hybridized carbons (Fsp3) is 0.700. The lowest BCUT2D eigenvalue weighted by atomic mass is 10.2. The summed E-state index contributed by atoms with van der Waals surface area (Å²) in [5.74, 6) is -2.18. The molecule has 0 aromatic heterocycles. The third-order valence-corrected chi connectivity index (χ3v) is 2.57. The van der Waals surface area contributed by atoms with Crippen LogP contribution in [0.3, 0.4) is 0 Å². The van der Waals surface area contributed by atoms with Gasteiger partial charge in [-0.25, -0.2) is 0 Å². The molecular weight excluding hydrogens is 196 g/mol. The zero-order valence-electron chi connectivity index (χ0n) is 8.80. The highest BCUT2D eigenvalue weighted by Crippen LogP contribution is 2.39. The molecule has 0 aromatic rings. The van der Waals surface area contributed by atoms with Gasteiger partial charge in [0.15, 0.2) is 0 Å². The summed E-state index contributed by atoms with van der Waals surface area (Å²) in [4.78, 5) is 23.6. The second-order valence-corrected chi connectivity index (χ2v) is 4.04. The molecule has 0 heterocycles. The Kier molecular flexibility index (Phi) is 3.30. The SMILES string of the molecule is CC(C#N)CN(C)C(=O)C1CC1C(=O)O. The van der Waals surface area contributed by atoms with Gasteiger partial charge in [-0.3, -0.25) is 9.59 Å². The van der Waals surface area contributed by atoms with Crippen molar-refractivity contribution in [3.05, 3.63) is 0 Å². The fourth-order valence-electron chi connectivity index (χ4n) is 1.57. The average Bonchev–Trinajstić information content (AvgIpc) is 2.95. The molecule has 3 unspecified atom stereocenters. The van der Waals surface area contributed by atoms with Gasteiger partial charge in [0.05, 0.1) is 23.8 Å². The third kappa shape index (κ3) is 2.69. The molecule has 5 heteroatoms. The molecule has 0 bridgehead atoms. The van der Waals surface area contributed by atoms with Crippen molar-refractivity contribution in [2.75, 3.05) is 13.6 Å². The molecule has 0 spiro atoms. The predicted molar refractivity (Wildman–Crippen MR) is 51.6 cm³/mol. The van der Waals surface area contributed by atoms with Crippen LogP contribution in [0.5, 0.6) is 0 Å². The molecule has 3 atom stereocenters. The zero-order chi connectivity index (χ0) is 11.6. The number of nitrogens with zero attached hydrogens (tertiary/aromatic N) is 2. The molecule has 15 heavy (non-hydrogen) atoms. The minimum atomic E-state index is -0.907. The average molecular weight is 210 g/mol. The molecule has 1 N–H and O–H groups in total. The van der Waals surface area contributed by atoms with Crippen molar-refractivity contribution in [1.29, 1.82) is 5.26 Å². The monoisotopic (exact) mass is 210 g/mol. The molecule has 1 rings (SSSR count). The van der Waals surface area contributed by atoms with E-state index in [2.05, 4.69) is 0 Å². The van der Waals surface area contributed by atoms with Gasteiger partial charge in [0.25, 0.3) is 0 Å². The Labute approximate surface area is 88.3 Å². The predicted octanol–water partition coefficient (Wildman–Crippen LogP) is 0.325. The molecule has 0 saturated heterocycles. The number of rotatable bonds is 4. The molecule has 0 aromatic carbocycles. The summed E-state index contributed by atoms with van der Waals surface area (Å²) in [5.41, 5.74) is 0. The van der Waals surface area contributed by atoms with E-state index < -0.39 is 11.9 Å². The van der Waals surface area contributed by atoms with Gasteiger partial charge in [-0.2, -0.15) is 5.26 Å². The molecule has 5 nitrogen and oxygen atoms in total. The molecule has 0 aliphatic heterocycles. The van der Waals surface area contributed by atoms with Crippen LogP contribution in [-0.2, 0) is 9.59 Å². The molecule has 1 saturated carbocycles. The van der Waals surface area contributed by atoms with Gasteiger partial charge in [-0.05, 0) is 13.3 Å². The lowest BCUT2D eigenvalue weighted by Crippen LogP contribution is -2.32. The highest BCUT2D eigenvalue weighted by atomic mass is 16.4. The number of carboxylic acids is 1. The van der Waals surface area contributed by atoms with Crippen LogP contribution in [0.2, 0.25) is 0 Å². The normalized spacial score (nSPS) is 25.1. The van der Waals surface area contributed by atoms with Crippen LogP contribution in [0.4, 0.5) is 0 Å². The fourth-order valence-corrected chi connectivity index (χ4v) is 1.57. The highest BCUT2D eigenvalue weighted by molar-refractivity contribution is 5.89. The first-order valence-corrected chi connectivity index (χ1v) is 4.84. The second kappa shape index (κ2) is 4.30. The Morgan fingerprint density at radius 1 is 1.60 bits per heavy atom. The molecule has 1 amide bonds. The van der Waals surface area contributed by atoms with Crippen LogP contribution < -0.4 is 0 Å². The van der Waals surface area contributed by atoms with Gasteiger partial charge in [0.1, 0.15) is 0 Å². The standard InChI is InChI=1S/C10H14N2O3/c1-6(4-11)5-12(2)9(13)7-3-8(7)10(14)15/h6-8H,3,5H2,1-2H3,(H,14,15). The number of aliphatic carboxylic acids is 1. The van der Waals surface area contributed by atoms with Crippen LogP contribution >= 0.6 is 0 Å². The Hall–Kier alpha value is -1.57. The molecule has 1 fully saturated rings. The maximum atomic E-state index is 11.6. The van der Waals surface area contributed by atoms with Crippen molar-refractivity contribution in [2.24, 2.45) is 17.8 Å². The van der Waals surface area contributed by atoms with E-state index in [0.29, 0.717) is 13.0 Å². The maximum absolute atomic E-state index is 11.6. The molecular formula is C10H14N2O3. The smallest absolute Gasteiger partial charge is 0.307 e.